The number of rotatable bonds is 4. The first-order chi connectivity index (χ1) is 10.3. The van der Waals surface area contributed by atoms with Crippen LogP contribution in [0.25, 0.3) is 10.8 Å². The molecular weight excluding hydrogens is 312 g/mol. The summed E-state index contributed by atoms with van der Waals surface area (Å²) in [6, 6.07) is 3.84. The van der Waals surface area contributed by atoms with Crippen LogP contribution >= 0.6 is 11.6 Å². The highest BCUT2D eigenvalue weighted by atomic mass is 35.5. The number of carbonyl (C=O) groups excluding carboxylic acids is 1. The number of carbonyl (C=O) groups is 1. The highest BCUT2D eigenvalue weighted by molar-refractivity contribution is 6.34. The smallest absolute Gasteiger partial charge is 0.302 e. The van der Waals surface area contributed by atoms with Gasteiger partial charge in [0.1, 0.15) is 11.6 Å². The Morgan fingerprint density at radius 1 is 1.41 bits per heavy atom. The Morgan fingerprint density at radius 2 is 2.09 bits per heavy atom. The molecule has 1 heterocycles. The lowest BCUT2D eigenvalue weighted by Gasteiger charge is -2.15. The lowest BCUT2D eigenvalue weighted by molar-refractivity contribution is -0.382. The maximum atomic E-state index is 12.5. The molecule has 0 bridgehead atoms. The molecule has 0 aliphatic heterocycles. The average molecular weight is 325 g/mol. The van der Waals surface area contributed by atoms with Crippen LogP contribution in [-0.4, -0.2) is 22.1 Å². The molecular formula is C14H13ClN2O5. The third-order valence-electron chi connectivity index (χ3n) is 3.22. The van der Waals surface area contributed by atoms with Crippen molar-refractivity contribution in [2.24, 2.45) is 0 Å². The van der Waals surface area contributed by atoms with E-state index in [0.717, 1.165) is 0 Å². The summed E-state index contributed by atoms with van der Waals surface area (Å²) < 4.78 is 6.24. The van der Waals surface area contributed by atoms with E-state index >= 15 is 0 Å². The lowest BCUT2D eigenvalue weighted by Crippen LogP contribution is -2.26. The zero-order valence-electron chi connectivity index (χ0n) is 11.9. The molecule has 0 unspecified atom stereocenters. The lowest BCUT2D eigenvalue weighted by atomic mass is 10.1. The first-order valence-corrected chi connectivity index (χ1v) is 6.82. The topological polar surface area (TPSA) is 91.4 Å². The molecule has 1 atom stereocenters. The fraction of sp³-hybridized carbons (Fsp3) is 0.286. The van der Waals surface area contributed by atoms with Crippen molar-refractivity contribution in [1.29, 1.82) is 0 Å². The number of nitro groups is 1. The Morgan fingerprint density at radius 3 is 2.68 bits per heavy atom. The van der Waals surface area contributed by atoms with Crippen LogP contribution in [0.1, 0.15) is 19.9 Å². The zero-order valence-corrected chi connectivity index (χ0v) is 12.7. The van der Waals surface area contributed by atoms with Crippen molar-refractivity contribution in [2.75, 3.05) is 6.61 Å². The predicted molar refractivity (Wildman–Crippen MR) is 81.2 cm³/mol. The minimum absolute atomic E-state index is 0.0254. The molecule has 0 aliphatic rings. The summed E-state index contributed by atoms with van der Waals surface area (Å²) in [5.41, 5.74) is -0.701. The molecule has 1 aromatic heterocycles. The largest absolute Gasteiger partial charge is 0.464 e. The van der Waals surface area contributed by atoms with Gasteiger partial charge in [-0.05, 0) is 25.1 Å². The van der Waals surface area contributed by atoms with Crippen molar-refractivity contribution in [3.63, 3.8) is 0 Å². The Balaban J connectivity index is 2.56. The molecule has 2 aromatic rings. The van der Waals surface area contributed by atoms with Gasteiger partial charge in [0, 0.05) is 13.1 Å². The van der Waals surface area contributed by atoms with Gasteiger partial charge in [-0.1, -0.05) is 11.6 Å². The number of pyridine rings is 1. The van der Waals surface area contributed by atoms with Crippen LogP contribution in [0.3, 0.4) is 0 Å². The quantitative estimate of drug-likeness (QED) is 0.490. The highest BCUT2D eigenvalue weighted by Crippen LogP contribution is 2.31. The summed E-state index contributed by atoms with van der Waals surface area (Å²) in [6.45, 7) is 3.03. The van der Waals surface area contributed by atoms with Crippen LogP contribution in [-0.2, 0) is 9.53 Å². The maximum absolute atomic E-state index is 12.5. The van der Waals surface area contributed by atoms with Gasteiger partial charge in [0.2, 0.25) is 0 Å². The highest BCUT2D eigenvalue weighted by Gasteiger charge is 2.20. The predicted octanol–water partition coefficient (Wildman–Crippen LogP) is 2.69. The van der Waals surface area contributed by atoms with Crippen molar-refractivity contribution >= 4 is 34.0 Å². The third kappa shape index (κ3) is 2.94. The summed E-state index contributed by atoms with van der Waals surface area (Å²) in [6.07, 6.45) is 1.43. The van der Waals surface area contributed by atoms with Crippen LogP contribution in [0.2, 0.25) is 5.02 Å². The fourth-order valence-electron chi connectivity index (χ4n) is 2.15. The molecule has 0 radical (unpaired) electrons. The standard InChI is InChI=1S/C14H13ClN2O5/c1-8(7-22-9(2)18)16-6-5-10-11(14(16)19)3-4-12(15)13(10)17(20)21/h3-6,8H,7H2,1-2H3/t8-/m1/s1. The first kappa shape index (κ1) is 16.0. The Hall–Kier alpha value is -2.41. The molecule has 0 fully saturated rings. The molecule has 22 heavy (non-hydrogen) atoms. The minimum atomic E-state index is -0.614. The van der Waals surface area contributed by atoms with Crippen LogP contribution in [0.4, 0.5) is 5.69 Å². The zero-order chi connectivity index (χ0) is 16.4. The first-order valence-electron chi connectivity index (χ1n) is 6.44. The van der Waals surface area contributed by atoms with Gasteiger partial charge in [-0.25, -0.2) is 0 Å². The van der Waals surface area contributed by atoms with Gasteiger partial charge in [0.25, 0.3) is 11.2 Å². The van der Waals surface area contributed by atoms with Crippen molar-refractivity contribution in [3.8, 4) is 0 Å². The second kappa shape index (κ2) is 6.15. The van der Waals surface area contributed by atoms with Gasteiger partial charge in [-0.3, -0.25) is 19.7 Å². The molecule has 0 N–H and O–H groups in total. The second-order valence-corrected chi connectivity index (χ2v) is 5.20. The summed E-state index contributed by atoms with van der Waals surface area (Å²) in [5, 5.41) is 11.4. The summed E-state index contributed by atoms with van der Waals surface area (Å²) in [4.78, 5) is 33.8. The van der Waals surface area contributed by atoms with Crippen LogP contribution in [0.15, 0.2) is 29.2 Å². The Kier molecular flexibility index (Phi) is 4.46. The molecule has 1 aromatic carbocycles. The van der Waals surface area contributed by atoms with E-state index in [1.54, 1.807) is 6.92 Å². The molecule has 0 saturated carbocycles. The molecule has 0 saturated heterocycles. The average Bonchev–Trinajstić information content (AvgIpc) is 2.44. The number of ether oxygens (including phenoxy) is 1. The number of esters is 1. The van der Waals surface area contributed by atoms with Gasteiger partial charge in [0.15, 0.2) is 0 Å². The maximum Gasteiger partial charge on any atom is 0.302 e. The van der Waals surface area contributed by atoms with E-state index in [1.165, 1.54) is 35.9 Å². The third-order valence-corrected chi connectivity index (χ3v) is 3.52. The number of nitrogens with zero attached hydrogens (tertiary/aromatic N) is 2. The van der Waals surface area contributed by atoms with E-state index in [2.05, 4.69) is 0 Å². The van der Waals surface area contributed by atoms with Crippen LogP contribution in [0.5, 0.6) is 0 Å². The molecule has 0 amide bonds. The molecule has 2 rings (SSSR count). The summed E-state index contributed by atoms with van der Waals surface area (Å²) >= 11 is 5.83. The molecule has 8 heteroatoms. The van der Waals surface area contributed by atoms with Crippen molar-refractivity contribution in [1.82, 2.24) is 4.57 Å². The Labute approximate surface area is 130 Å². The monoisotopic (exact) mass is 324 g/mol. The normalized spacial score (nSPS) is 12.1. The minimum Gasteiger partial charge on any atom is -0.464 e. The van der Waals surface area contributed by atoms with Gasteiger partial charge >= 0.3 is 5.97 Å². The second-order valence-electron chi connectivity index (χ2n) is 4.79. The van der Waals surface area contributed by atoms with Gasteiger partial charge in [0.05, 0.1) is 21.7 Å². The number of aromatic nitrogens is 1. The van der Waals surface area contributed by atoms with Crippen molar-refractivity contribution in [2.45, 2.75) is 19.9 Å². The molecule has 0 spiro atoms. The van der Waals surface area contributed by atoms with E-state index < -0.39 is 22.5 Å². The number of halogens is 1. The number of hydrogen-bond donors (Lipinski definition) is 0. The van der Waals surface area contributed by atoms with E-state index in [9.17, 15) is 19.7 Å². The van der Waals surface area contributed by atoms with E-state index in [0.29, 0.717) is 0 Å². The van der Waals surface area contributed by atoms with E-state index in [4.69, 9.17) is 16.3 Å². The number of nitro benzene ring substituents is 1. The number of hydrogen-bond acceptors (Lipinski definition) is 5. The molecule has 116 valence electrons. The fourth-order valence-corrected chi connectivity index (χ4v) is 2.38. The summed E-state index contributed by atoms with van der Waals surface area (Å²) in [7, 11) is 0. The van der Waals surface area contributed by atoms with Gasteiger partial charge < -0.3 is 9.30 Å². The summed E-state index contributed by atoms with van der Waals surface area (Å²) in [5.74, 6) is -0.442. The van der Waals surface area contributed by atoms with Crippen molar-refractivity contribution < 1.29 is 14.5 Å². The van der Waals surface area contributed by atoms with Crippen LogP contribution < -0.4 is 5.56 Å². The van der Waals surface area contributed by atoms with Crippen LogP contribution in [0, 0.1) is 10.1 Å². The van der Waals surface area contributed by atoms with Gasteiger partial charge in [-0.15, -0.1) is 0 Å². The van der Waals surface area contributed by atoms with E-state index in [-0.39, 0.29) is 28.1 Å². The SMILES string of the molecule is CC(=O)OC[C@@H](C)n1ccc2c([N+](=O)[O-])c(Cl)ccc2c1=O. The van der Waals surface area contributed by atoms with E-state index in [1.807, 2.05) is 0 Å². The molecule has 7 nitrogen and oxygen atoms in total. The van der Waals surface area contributed by atoms with Crippen molar-refractivity contribution in [3.05, 3.63) is 49.9 Å². The molecule has 0 aliphatic carbocycles. The number of fused-ring (bicyclic) bond motifs is 1. The van der Waals surface area contributed by atoms with Gasteiger partial charge in [-0.2, -0.15) is 0 Å². The Bertz CT molecular complexity index is 815. The number of benzene rings is 1.